The van der Waals surface area contributed by atoms with Crippen LogP contribution in [0.4, 0.5) is 11.6 Å². The van der Waals surface area contributed by atoms with Crippen LogP contribution in [0, 0.1) is 6.92 Å². The van der Waals surface area contributed by atoms with Gasteiger partial charge in [-0.1, -0.05) is 41.6 Å². The molecule has 1 aliphatic heterocycles. The summed E-state index contributed by atoms with van der Waals surface area (Å²) >= 11 is 0. The molecular formula is C26H23N3O5. The van der Waals surface area contributed by atoms with Crippen molar-refractivity contribution in [1.82, 2.24) is 5.16 Å². The highest BCUT2D eigenvalue weighted by Gasteiger charge is 2.21. The monoisotopic (exact) mass is 457 g/mol. The molecule has 2 N–H and O–H groups in total. The van der Waals surface area contributed by atoms with Gasteiger partial charge in [-0.05, 0) is 54.4 Å². The Hall–Kier alpha value is -4.46. The van der Waals surface area contributed by atoms with Crippen LogP contribution in [0.25, 0.3) is 0 Å². The Bertz CT molecular complexity index is 1290. The van der Waals surface area contributed by atoms with Gasteiger partial charge >= 0.3 is 0 Å². The molecule has 1 aliphatic rings. The zero-order valence-electron chi connectivity index (χ0n) is 18.5. The summed E-state index contributed by atoms with van der Waals surface area (Å²) in [7, 11) is 0. The van der Waals surface area contributed by atoms with Gasteiger partial charge in [0, 0.05) is 12.2 Å². The topological polar surface area (TPSA) is 94.9 Å². The van der Waals surface area contributed by atoms with Crippen LogP contribution < -0.4 is 24.8 Å². The second-order valence-corrected chi connectivity index (χ2v) is 7.77. The normalized spacial score (nSPS) is 11.8. The van der Waals surface area contributed by atoms with E-state index in [0.717, 1.165) is 16.9 Å². The summed E-state index contributed by atoms with van der Waals surface area (Å²) in [6, 6.07) is 22.8. The van der Waals surface area contributed by atoms with E-state index < -0.39 is 0 Å². The third kappa shape index (κ3) is 4.80. The number of anilines is 2. The second-order valence-electron chi connectivity index (χ2n) is 7.77. The molecule has 8 heteroatoms. The summed E-state index contributed by atoms with van der Waals surface area (Å²) in [4.78, 5) is 13.0. The number of nitrogens with zero attached hydrogens (tertiary/aromatic N) is 1. The van der Waals surface area contributed by atoms with Gasteiger partial charge in [-0.25, -0.2) is 0 Å². The van der Waals surface area contributed by atoms with Crippen LogP contribution in [-0.4, -0.2) is 17.9 Å². The quantitative estimate of drug-likeness (QED) is 0.378. The predicted octanol–water partition coefficient (Wildman–Crippen LogP) is 5.16. The Morgan fingerprint density at radius 3 is 2.59 bits per heavy atom. The highest BCUT2D eigenvalue weighted by molar-refractivity contribution is 6.08. The minimum absolute atomic E-state index is 0.220. The number of hydrogen-bond acceptors (Lipinski definition) is 7. The number of aromatic nitrogens is 1. The maximum Gasteiger partial charge on any atom is 0.263 e. The third-order valence-electron chi connectivity index (χ3n) is 5.34. The lowest BCUT2D eigenvalue weighted by molar-refractivity contribution is 0.102. The van der Waals surface area contributed by atoms with Crippen LogP contribution in [0.15, 0.2) is 77.3 Å². The molecule has 2 heterocycles. The molecule has 0 spiro atoms. The van der Waals surface area contributed by atoms with Gasteiger partial charge in [-0.2, -0.15) is 0 Å². The molecule has 0 bridgehead atoms. The van der Waals surface area contributed by atoms with E-state index in [-0.39, 0.29) is 12.7 Å². The standard InChI is InChI=1S/C26H23N3O5/c1-17-24(26(34-29-17)27-14-19-7-12-22-23(13-19)33-16-32-22)25(30)28-20-8-10-21(11-9-20)31-15-18-5-3-2-4-6-18/h2-13,27H,14-16H2,1H3,(H,28,30). The highest BCUT2D eigenvalue weighted by atomic mass is 16.7. The van der Waals surface area contributed by atoms with E-state index in [2.05, 4.69) is 15.8 Å². The molecule has 0 saturated carbocycles. The van der Waals surface area contributed by atoms with Crippen molar-refractivity contribution in [3.63, 3.8) is 0 Å². The second kappa shape index (κ2) is 9.58. The first-order chi connectivity index (χ1) is 16.7. The fourth-order valence-corrected chi connectivity index (χ4v) is 3.56. The number of benzene rings is 3. The van der Waals surface area contributed by atoms with Crippen molar-refractivity contribution in [1.29, 1.82) is 0 Å². The number of carbonyl (C=O) groups excluding carboxylic acids is 1. The van der Waals surface area contributed by atoms with E-state index in [4.69, 9.17) is 18.7 Å². The van der Waals surface area contributed by atoms with E-state index in [1.807, 2.05) is 60.7 Å². The Labute approximate surface area is 196 Å². The van der Waals surface area contributed by atoms with E-state index in [9.17, 15) is 4.79 Å². The van der Waals surface area contributed by atoms with E-state index in [0.29, 0.717) is 47.5 Å². The molecule has 0 atom stereocenters. The number of nitrogens with one attached hydrogen (secondary N) is 2. The third-order valence-corrected chi connectivity index (χ3v) is 5.34. The Morgan fingerprint density at radius 1 is 0.971 bits per heavy atom. The van der Waals surface area contributed by atoms with Crippen molar-refractivity contribution in [2.75, 3.05) is 17.4 Å². The molecule has 0 unspecified atom stereocenters. The maximum atomic E-state index is 13.0. The molecular weight excluding hydrogens is 434 g/mol. The summed E-state index contributed by atoms with van der Waals surface area (Å²) < 4.78 is 21.9. The SMILES string of the molecule is Cc1noc(NCc2ccc3c(c2)OCO3)c1C(=O)Nc1ccc(OCc2ccccc2)cc1. The molecule has 0 radical (unpaired) electrons. The molecule has 0 fully saturated rings. The summed E-state index contributed by atoms with van der Waals surface area (Å²) in [6.07, 6.45) is 0. The average Bonchev–Trinajstić information content (AvgIpc) is 3.48. The van der Waals surface area contributed by atoms with E-state index >= 15 is 0 Å². The van der Waals surface area contributed by atoms with Gasteiger partial charge in [0.05, 0.1) is 5.69 Å². The van der Waals surface area contributed by atoms with Crippen LogP contribution in [0.2, 0.25) is 0 Å². The zero-order chi connectivity index (χ0) is 23.3. The van der Waals surface area contributed by atoms with Gasteiger partial charge in [-0.3, -0.25) is 4.79 Å². The largest absolute Gasteiger partial charge is 0.489 e. The van der Waals surface area contributed by atoms with Gasteiger partial charge in [-0.15, -0.1) is 0 Å². The fraction of sp³-hybridized carbons (Fsp3) is 0.154. The van der Waals surface area contributed by atoms with Gasteiger partial charge < -0.3 is 29.4 Å². The molecule has 3 aromatic carbocycles. The number of aryl methyl sites for hydroxylation is 1. The fourth-order valence-electron chi connectivity index (χ4n) is 3.56. The lowest BCUT2D eigenvalue weighted by atomic mass is 10.2. The first-order valence-corrected chi connectivity index (χ1v) is 10.8. The van der Waals surface area contributed by atoms with Crippen molar-refractivity contribution < 1.29 is 23.5 Å². The first-order valence-electron chi connectivity index (χ1n) is 10.8. The number of carbonyl (C=O) groups is 1. The van der Waals surface area contributed by atoms with Gasteiger partial charge in [0.1, 0.15) is 17.9 Å². The number of rotatable bonds is 8. The van der Waals surface area contributed by atoms with Crippen LogP contribution in [-0.2, 0) is 13.2 Å². The molecule has 1 aromatic heterocycles. The molecule has 34 heavy (non-hydrogen) atoms. The molecule has 4 aromatic rings. The lowest BCUT2D eigenvalue weighted by Crippen LogP contribution is -2.14. The van der Waals surface area contributed by atoms with E-state index in [1.165, 1.54) is 0 Å². The number of fused-ring (bicyclic) bond motifs is 1. The van der Waals surface area contributed by atoms with Gasteiger partial charge in [0.25, 0.3) is 5.91 Å². The lowest BCUT2D eigenvalue weighted by Gasteiger charge is -2.09. The minimum Gasteiger partial charge on any atom is -0.489 e. The van der Waals surface area contributed by atoms with Crippen molar-refractivity contribution >= 4 is 17.5 Å². The Kier molecular flexibility index (Phi) is 6.03. The van der Waals surface area contributed by atoms with Crippen molar-refractivity contribution in [3.8, 4) is 17.2 Å². The smallest absolute Gasteiger partial charge is 0.263 e. The number of amides is 1. The Morgan fingerprint density at radius 2 is 1.76 bits per heavy atom. The van der Waals surface area contributed by atoms with Gasteiger partial charge in [0.2, 0.25) is 12.7 Å². The molecule has 172 valence electrons. The van der Waals surface area contributed by atoms with Crippen LogP contribution >= 0.6 is 0 Å². The molecule has 8 nitrogen and oxygen atoms in total. The van der Waals surface area contributed by atoms with Crippen molar-refractivity contribution in [2.24, 2.45) is 0 Å². The molecule has 1 amide bonds. The van der Waals surface area contributed by atoms with Gasteiger partial charge in [0.15, 0.2) is 11.5 Å². The number of hydrogen-bond donors (Lipinski definition) is 2. The molecule has 5 rings (SSSR count). The zero-order valence-corrected chi connectivity index (χ0v) is 18.5. The maximum absolute atomic E-state index is 13.0. The predicted molar refractivity (Wildman–Crippen MR) is 126 cm³/mol. The minimum atomic E-state index is -0.315. The average molecular weight is 457 g/mol. The molecule has 0 aliphatic carbocycles. The molecule has 0 saturated heterocycles. The summed E-state index contributed by atoms with van der Waals surface area (Å²) in [5.74, 6) is 2.12. The first kappa shape index (κ1) is 21.4. The van der Waals surface area contributed by atoms with Crippen LogP contribution in [0.5, 0.6) is 17.2 Å². The van der Waals surface area contributed by atoms with Crippen molar-refractivity contribution in [3.05, 3.63) is 95.2 Å². The summed E-state index contributed by atoms with van der Waals surface area (Å²) in [5.41, 5.74) is 3.53. The highest BCUT2D eigenvalue weighted by Crippen LogP contribution is 2.33. The van der Waals surface area contributed by atoms with Crippen LogP contribution in [0.1, 0.15) is 27.2 Å². The number of ether oxygens (including phenoxy) is 3. The Balaban J connectivity index is 1.20. The van der Waals surface area contributed by atoms with Crippen LogP contribution in [0.3, 0.4) is 0 Å². The van der Waals surface area contributed by atoms with Crippen molar-refractivity contribution in [2.45, 2.75) is 20.1 Å². The summed E-state index contributed by atoms with van der Waals surface area (Å²) in [6.45, 7) is 2.85. The summed E-state index contributed by atoms with van der Waals surface area (Å²) in [5, 5.41) is 9.98. The van der Waals surface area contributed by atoms with E-state index in [1.54, 1.807) is 19.1 Å².